The fraction of sp³-hybridized carbons (Fsp3) is 0.292. The Kier molecular flexibility index (Phi) is 5.91. The first-order valence-corrected chi connectivity index (χ1v) is 12.1. The smallest absolute Gasteiger partial charge is 0.293 e. The molecule has 1 aliphatic carbocycles. The van der Waals surface area contributed by atoms with Crippen LogP contribution < -0.4 is 5.32 Å². The summed E-state index contributed by atoms with van der Waals surface area (Å²) in [6, 6.07) is 8.85. The number of thioether (sulfide) groups is 1. The Labute approximate surface area is 205 Å². The Hall–Kier alpha value is -3.17. The van der Waals surface area contributed by atoms with E-state index in [-0.39, 0.29) is 30.1 Å². The number of carbonyl (C=O) groups excluding carboxylic acids is 3. The Bertz CT molecular complexity index is 1360. The van der Waals surface area contributed by atoms with Crippen molar-refractivity contribution in [3.63, 3.8) is 0 Å². The molecule has 0 unspecified atom stereocenters. The van der Waals surface area contributed by atoms with E-state index >= 15 is 0 Å². The summed E-state index contributed by atoms with van der Waals surface area (Å²) in [4.78, 5) is 44.5. The SMILES string of the molecule is Cc1nn(C)c2nc(C3CC3)cc(C(=O)NCCN3C(=O)S/C(=C\c4ccc(Cl)cc4)C3=O)c12. The van der Waals surface area contributed by atoms with Crippen LogP contribution in [-0.2, 0) is 11.8 Å². The predicted molar refractivity (Wildman–Crippen MR) is 132 cm³/mol. The molecule has 0 atom stereocenters. The van der Waals surface area contributed by atoms with Crippen molar-refractivity contribution in [3.8, 4) is 0 Å². The van der Waals surface area contributed by atoms with Gasteiger partial charge in [0.2, 0.25) is 0 Å². The first kappa shape index (κ1) is 22.6. The number of carbonyl (C=O) groups is 3. The molecule has 2 aromatic heterocycles. The summed E-state index contributed by atoms with van der Waals surface area (Å²) in [6.07, 6.45) is 3.80. The number of nitrogens with one attached hydrogen (secondary N) is 1. The molecular formula is C24H22ClN5O3S. The number of rotatable bonds is 6. The van der Waals surface area contributed by atoms with E-state index in [2.05, 4.69) is 10.4 Å². The van der Waals surface area contributed by atoms with E-state index < -0.39 is 0 Å². The summed E-state index contributed by atoms with van der Waals surface area (Å²) in [5.74, 6) is -0.257. The molecule has 3 heterocycles. The number of fused-ring (bicyclic) bond motifs is 1. The van der Waals surface area contributed by atoms with Crippen molar-refractivity contribution in [2.24, 2.45) is 7.05 Å². The lowest BCUT2D eigenvalue weighted by atomic mass is 10.1. The number of halogens is 1. The summed E-state index contributed by atoms with van der Waals surface area (Å²) < 4.78 is 1.70. The van der Waals surface area contributed by atoms with Crippen LogP contribution in [0.25, 0.3) is 17.1 Å². The molecule has 1 N–H and O–H groups in total. The lowest BCUT2D eigenvalue weighted by Crippen LogP contribution is -2.37. The molecule has 3 aromatic rings. The van der Waals surface area contributed by atoms with Gasteiger partial charge in [-0.15, -0.1) is 0 Å². The summed E-state index contributed by atoms with van der Waals surface area (Å²) >= 11 is 6.79. The number of nitrogens with zero attached hydrogens (tertiary/aromatic N) is 4. The molecule has 5 rings (SSSR count). The van der Waals surface area contributed by atoms with Gasteiger partial charge in [0.05, 0.1) is 21.5 Å². The molecule has 34 heavy (non-hydrogen) atoms. The maximum absolute atomic E-state index is 13.1. The van der Waals surface area contributed by atoms with Gasteiger partial charge in [0, 0.05) is 36.8 Å². The molecule has 8 nitrogen and oxygen atoms in total. The fourth-order valence-electron chi connectivity index (χ4n) is 4.01. The number of hydrogen-bond acceptors (Lipinski definition) is 6. The van der Waals surface area contributed by atoms with Crippen molar-refractivity contribution >= 4 is 57.5 Å². The van der Waals surface area contributed by atoms with E-state index in [1.807, 2.05) is 20.0 Å². The minimum atomic E-state index is -0.371. The van der Waals surface area contributed by atoms with Crippen molar-refractivity contribution in [2.75, 3.05) is 13.1 Å². The number of aromatic nitrogens is 3. The highest BCUT2D eigenvalue weighted by Crippen LogP contribution is 2.40. The third-order valence-electron chi connectivity index (χ3n) is 5.89. The molecule has 0 radical (unpaired) electrons. The van der Waals surface area contributed by atoms with Crippen LogP contribution in [0.5, 0.6) is 0 Å². The molecule has 3 amide bonds. The van der Waals surface area contributed by atoms with Gasteiger partial charge in [0.25, 0.3) is 17.1 Å². The second-order valence-corrected chi connectivity index (χ2v) is 9.85. The number of aryl methyl sites for hydroxylation is 2. The van der Waals surface area contributed by atoms with E-state index in [9.17, 15) is 14.4 Å². The molecule has 1 saturated heterocycles. The first-order valence-electron chi connectivity index (χ1n) is 10.9. The highest BCUT2D eigenvalue weighted by Gasteiger charge is 2.35. The monoisotopic (exact) mass is 495 g/mol. The van der Waals surface area contributed by atoms with Gasteiger partial charge in [-0.25, -0.2) is 4.98 Å². The number of imide groups is 1. The highest BCUT2D eigenvalue weighted by atomic mass is 35.5. The topological polar surface area (TPSA) is 97.2 Å². The summed E-state index contributed by atoms with van der Waals surface area (Å²) in [7, 11) is 1.82. The van der Waals surface area contributed by atoms with Crippen LogP contribution in [0.15, 0.2) is 35.2 Å². The van der Waals surface area contributed by atoms with E-state index in [0.29, 0.717) is 27.1 Å². The Morgan fingerprint density at radius 2 is 2.00 bits per heavy atom. The van der Waals surface area contributed by atoms with Crippen LogP contribution >= 0.6 is 23.4 Å². The minimum absolute atomic E-state index is 0.0874. The zero-order valence-corrected chi connectivity index (χ0v) is 20.2. The van der Waals surface area contributed by atoms with Crippen LogP contribution in [-0.4, -0.2) is 49.8 Å². The fourth-order valence-corrected chi connectivity index (χ4v) is 5.00. The van der Waals surface area contributed by atoms with Crippen molar-refractivity contribution in [3.05, 3.63) is 62.8 Å². The van der Waals surface area contributed by atoms with Gasteiger partial charge in [-0.2, -0.15) is 5.10 Å². The molecule has 0 spiro atoms. The van der Waals surface area contributed by atoms with Crippen LogP contribution in [0, 0.1) is 6.92 Å². The van der Waals surface area contributed by atoms with Gasteiger partial charge in [-0.05, 0) is 61.4 Å². The molecular weight excluding hydrogens is 474 g/mol. The average molecular weight is 496 g/mol. The summed E-state index contributed by atoms with van der Waals surface area (Å²) in [5, 5.41) is 8.25. The molecule has 2 fully saturated rings. The van der Waals surface area contributed by atoms with Crippen molar-refractivity contribution < 1.29 is 14.4 Å². The maximum atomic E-state index is 13.1. The lowest BCUT2D eigenvalue weighted by molar-refractivity contribution is -0.122. The third-order valence-corrected chi connectivity index (χ3v) is 7.05. The second-order valence-electron chi connectivity index (χ2n) is 8.42. The minimum Gasteiger partial charge on any atom is -0.350 e. The van der Waals surface area contributed by atoms with Gasteiger partial charge in [0.15, 0.2) is 5.65 Å². The molecule has 174 valence electrons. The van der Waals surface area contributed by atoms with Crippen LogP contribution in [0.2, 0.25) is 5.02 Å². The number of amides is 3. The average Bonchev–Trinajstić information content (AvgIpc) is 3.58. The maximum Gasteiger partial charge on any atom is 0.293 e. The summed E-state index contributed by atoms with van der Waals surface area (Å²) in [5.41, 5.74) is 3.62. The lowest BCUT2D eigenvalue weighted by Gasteiger charge is -2.13. The van der Waals surface area contributed by atoms with Crippen LogP contribution in [0.4, 0.5) is 4.79 Å². The zero-order chi connectivity index (χ0) is 24.0. The largest absolute Gasteiger partial charge is 0.350 e. The van der Waals surface area contributed by atoms with Gasteiger partial charge in [-0.1, -0.05) is 23.7 Å². The Morgan fingerprint density at radius 3 is 2.71 bits per heavy atom. The predicted octanol–water partition coefficient (Wildman–Crippen LogP) is 4.27. The molecule has 10 heteroatoms. The van der Waals surface area contributed by atoms with Crippen molar-refractivity contribution in [1.82, 2.24) is 25.0 Å². The summed E-state index contributed by atoms with van der Waals surface area (Å²) in [6.45, 7) is 2.09. The molecule has 2 aliphatic rings. The number of pyridine rings is 1. The molecule has 1 aromatic carbocycles. The normalized spacial score (nSPS) is 17.3. The molecule has 1 aliphatic heterocycles. The number of benzene rings is 1. The quantitative estimate of drug-likeness (QED) is 0.513. The van der Waals surface area contributed by atoms with E-state index in [4.69, 9.17) is 16.6 Å². The second kappa shape index (κ2) is 8.88. The third kappa shape index (κ3) is 4.33. The van der Waals surface area contributed by atoms with E-state index in [1.54, 1.807) is 35.0 Å². The Morgan fingerprint density at radius 1 is 1.26 bits per heavy atom. The first-order chi connectivity index (χ1) is 16.3. The Balaban J connectivity index is 1.28. The van der Waals surface area contributed by atoms with Gasteiger partial charge in [-0.3, -0.25) is 24.0 Å². The van der Waals surface area contributed by atoms with Gasteiger partial charge >= 0.3 is 0 Å². The van der Waals surface area contributed by atoms with Crippen LogP contribution in [0.3, 0.4) is 0 Å². The van der Waals surface area contributed by atoms with Crippen molar-refractivity contribution in [1.29, 1.82) is 0 Å². The molecule has 0 bridgehead atoms. The van der Waals surface area contributed by atoms with Gasteiger partial charge < -0.3 is 5.32 Å². The van der Waals surface area contributed by atoms with Crippen molar-refractivity contribution in [2.45, 2.75) is 25.7 Å². The van der Waals surface area contributed by atoms with Crippen LogP contribution in [0.1, 0.15) is 46.1 Å². The molecule has 1 saturated carbocycles. The van der Waals surface area contributed by atoms with Gasteiger partial charge in [0.1, 0.15) is 0 Å². The van der Waals surface area contributed by atoms with E-state index in [0.717, 1.165) is 51.8 Å². The van der Waals surface area contributed by atoms with E-state index in [1.165, 1.54) is 0 Å². The standard InChI is InChI=1S/C24H22ClN5O3S/c1-13-20-17(12-18(15-5-6-15)27-21(20)29(2)28-13)22(31)26-9-10-30-23(32)19(34-24(30)33)11-14-3-7-16(25)8-4-14/h3-4,7-8,11-12,15H,5-6,9-10H2,1-2H3,(H,26,31)/b19-11-. The zero-order valence-electron chi connectivity index (χ0n) is 18.7. The highest BCUT2D eigenvalue weighted by molar-refractivity contribution is 8.18. The number of hydrogen-bond donors (Lipinski definition) is 1.